The maximum atomic E-state index is 12.8. The number of carbonyl (C=O) groups is 2. The minimum absolute atomic E-state index is 0.0755. The molecule has 0 saturated heterocycles. The zero-order chi connectivity index (χ0) is 31.0. The maximum Gasteiger partial charge on any atom is 0.331 e. The van der Waals surface area contributed by atoms with Gasteiger partial charge in [-0.2, -0.15) is 10.6 Å². The van der Waals surface area contributed by atoms with Crippen molar-refractivity contribution < 1.29 is 28.5 Å². The van der Waals surface area contributed by atoms with Crippen molar-refractivity contribution in [3.8, 4) is 5.75 Å². The van der Waals surface area contributed by atoms with Crippen molar-refractivity contribution in [3.05, 3.63) is 48.7 Å². The third kappa shape index (κ3) is 8.29. The zero-order valence-corrected chi connectivity index (χ0v) is 27.1. The van der Waals surface area contributed by atoms with Crippen molar-refractivity contribution in [2.24, 2.45) is 11.3 Å². The number of anilines is 3. The first-order chi connectivity index (χ1) is 20.6. The molecule has 4 N–H and O–H groups in total. The number of nitrogens with one attached hydrogen (secondary N) is 1. The van der Waals surface area contributed by atoms with Crippen LogP contribution in [0.5, 0.6) is 5.75 Å². The highest BCUT2D eigenvalue weighted by molar-refractivity contribution is 8.24. The van der Waals surface area contributed by atoms with E-state index in [4.69, 9.17) is 9.84 Å². The van der Waals surface area contributed by atoms with E-state index in [9.17, 15) is 18.7 Å². The molecule has 1 amide bonds. The van der Waals surface area contributed by atoms with E-state index >= 15 is 0 Å². The summed E-state index contributed by atoms with van der Waals surface area (Å²) in [5.74, 6) is -0.348. The van der Waals surface area contributed by atoms with Crippen molar-refractivity contribution in [2.45, 2.75) is 87.8 Å². The Morgan fingerprint density at radius 2 is 1.74 bits per heavy atom. The molecule has 1 fully saturated rings. The van der Waals surface area contributed by atoms with Gasteiger partial charge in [0.25, 0.3) is 0 Å². The number of hydrogen-bond acceptors (Lipinski definition) is 7. The van der Waals surface area contributed by atoms with Gasteiger partial charge in [-0.25, -0.2) is 4.79 Å². The quantitative estimate of drug-likeness (QED) is 0.0983. The van der Waals surface area contributed by atoms with Gasteiger partial charge < -0.3 is 20.1 Å². The van der Waals surface area contributed by atoms with Crippen molar-refractivity contribution in [3.63, 3.8) is 0 Å². The average molecular weight is 631 g/mol. The molecule has 236 valence electrons. The van der Waals surface area contributed by atoms with Gasteiger partial charge in [0.1, 0.15) is 5.75 Å². The molecule has 1 aliphatic carbocycles. The summed E-state index contributed by atoms with van der Waals surface area (Å²) in [6.45, 7) is 4.94. The van der Waals surface area contributed by atoms with Crippen molar-refractivity contribution in [1.29, 1.82) is 0 Å². The van der Waals surface area contributed by atoms with Crippen LogP contribution in [0.4, 0.5) is 17.1 Å². The summed E-state index contributed by atoms with van der Waals surface area (Å²) in [5.41, 5.74) is 2.03. The first-order valence-corrected chi connectivity index (χ1v) is 18.3. The highest BCUT2D eigenvalue weighted by Gasteiger charge is 2.42. The highest BCUT2D eigenvalue weighted by atomic mass is 32.3. The molecule has 0 bridgehead atoms. The number of aliphatic carboxylic acids is 1. The number of benzene rings is 2. The Kier molecular flexibility index (Phi) is 11.5. The molecule has 0 radical (unpaired) electrons. The molecular formula is C33H46N2O6S2. The zero-order valence-electron chi connectivity index (χ0n) is 25.5. The summed E-state index contributed by atoms with van der Waals surface area (Å²) >= 11 is 1.45. The molecule has 8 nitrogen and oxygen atoms in total. The predicted octanol–water partition coefficient (Wildman–Crippen LogP) is 9.14. The number of fused-ring (bicyclic) bond motifs is 1. The first kappa shape index (κ1) is 33.2. The Morgan fingerprint density at radius 3 is 2.33 bits per heavy atom. The van der Waals surface area contributed by atoms with Crippen LogP contribution in [-0.2, 0) is 9.59 Å². The maximum absolute atomic E-state index is 12.8. The minimum atomic E-state index is -3.24. The standard InChI is InChI=1S/C33H46N2O6S2/c1-4-6-17-33(18-7-5-2)22-35(26-14-12-25(13-15-26)34-32(38)24-10-8-9-11-24)27-20-29(42-3)28(41-19-16-31(36)37)21-30(27)43(39,40)23-33/h12-16,19-21,24,39-40H,4-11,17-18,22-23H2,1-3H3,(H,34,38)(H,36,37). The van der Waals surface area contributed by atoms with Crippen LogP contribution in [0, 0.1) is 11.3 Å². The minimum Gasteiger partial charge on any atom is -0.478 e. The van der Waals surface area contributed by atoms with Gasteiger partial charge in [0, 0.05) is 41.1 Å². The van der Waals surface area contributed by atoms with Crippen LogP contribution in [0.1, 0.15) is 78.1 Å². The summed E-state index contributed by atoms with van der Waals surface area (Å²) < 4.78 is 29.4. The van der Waals surface area contributed by atoms with Crippen LogP contribution < -0.4 is 15.0 Å². The SMILES string of the molecule is CCCCC1(CCCC)CN(c2ccc(NC(=O)C3CCCC3)cc2)c2cc(SC)c(OC=CC(=O)O)cc2S(O)(O)C1. The molecule has 43 heavy (non-hydrogen) atoms. The second-order valence-electron chi connectivity index (χ2n) is 11.9. The topological polar surface area (TPSA) is 119 Å². The molecule has 2 aliphatic rings. The van der Waals surface area contributed by atoms with Crippen molar-refractivity contribution >= 4 is 51.3 Å². The fourth-order valence-corrected chi connectivity index (χ4v) is 9.04. The van der Waals surface area contributed by atoms with E-state index in [2.05, 4.69) is 24.1 Å². The van der Waals surface area contributed by atoms with Gasteiger partial charge in [-0.3, -0.25) is 13.9 Å². The second-order valence-corrected chi connectivity index (χ2v) is 14.8. The third-order valence-electron chi connectivity index (χ3n) is 8.59. The number of ether oxygens (including phenoxy) is 1. The number of carbonyl (C=O) groups excluding carboxylic acids is 1. The van der Waals surface area contributed by atoms with Crippen LogP contribution in [-0.4, -0.2) is 44.6 Å². The Labute approximate surface area is 261 Å². The summed E-state index contributed by atoms with van der Waals surface area (Å²) in [6, 6.07) is 11.4. The van der Waals surface area contributed by atoms with Gasteiger partial charge >= 0.3 is 5.97 Å². The van der Waals surface area contributed by atoms with E-state index in [0.29, 0.717) is 22.9 Å². The molecule has 0 unspecified atom stereocenters. The summed E-state index contributed by atoms with van der Waals surface area (Å²) in [7, 11) is -3.24. The van der Waals surface area contributed by atoms with Gasteiger partial charge in [0.2, 0.25) is 5.91 Å². The lowest BCUT2D eigenvalue weighted by atomic mass is 9.79. The fourth-order valence-electron chi connectivity index (χ4n) is 6.31. The Balaban J connectivity index is 1.79. The van der Waals surface area contributed by atoms with Gasteiger partial charge in [-0.05, 0) is 62.3 Å². The summed E-state index contributed by atoms with van der Waals surface area (Å²) in [6.07, 6.45) is 13.7. The lowest BCUT2D eigenvalue weighted by Crippen LogP contribution is -2.37. The lowest BCUT2D eigenvalue weighted by Gasteiger charge is -2.42. The lowest BCUT2D eigenvalue weighted by molar-refractivity contribution is -0.131. The van der Waals surface area contributed by atoms with E-state index < -0.39 is 16.6 Å². The molecule has 10 heteroatoms. The summed E-state index contributed by atoms with van der Waals surface area (Å²) in [4.78, 5) is 27.1. The molecule has 0 spiro atoms. The fraction of sp³-hybridized carbons (Fsp3) is 0.515. The van der Waals surface area contributed by atoms with Gasteiger partial charge in [-0.15, -0.1) is 11.8 Å². The number of thioether (sulfide) groups is 1. The van der Waals surface area contributed by atoms with Crippen molar-refractivity contribution in [2.75, 3.05) is 28.8 Å². The number of rotatable bonds is 13. The first-order valence-electron chi connectivity index (χ1n) is 15.3. The van der Waals surface area contributed by atoms with E-state index in [1.807, 2.05) is 36.6 Å². The molecule has 0 atom stereocenters. The van der Waals surface area contributed by atoms with E-state index in [0.717, 1.165) is 92.8 Å². The largest absolute Gasteiger partial charge is 0.478 e. The molecule has 2 aromatic carbocycles. The second kappa shape index (κ2) is 14.9. The van der Waals surface area contributed by atoms with Gasteiger partial charge in [0.15, 0.2) is 0 Å². The molecule has 0 aromatic heterocycles. The number of unbranched alkanes of at least 4 members (excludes halogenated alkanes) is 2. The number of carboxylic acid groups (broad SMARTS) is 1. The Hall–Kier alpha value is -2.66. The predicted molar refractivity (Wildman–Crippen MR) is 177 cm³/mol. The summed E-state index contributed by atoms with van der Waals surface area (Å²) in [5, 5.41) is 12.1. The van der Waals surface area contributed by atoms with Crippen LogP contribution in [0.15, 0.2) is 58.5 Å². The number of amides is 1. The molecule has 4 rings (SSSR count). The molecule has 1 heterocycles. The van der Waals surface area contributed by atoms with Gasteiger partial charge in [0.05, 0.1) is 27.8 Å². The van der Waals surface area contributed by atoms with Crippen LogP contribution >= 0.6 is 22.4 Å². The molecule has 1 saturated carbocycles. The number of nitrogens with zero attached hydrogens (tertiary/aromatic N) is 1. The van der Waals surface area contributed by atoms with Crippen LogP contribution in [0.25, 0.3) is 0 Å². The van der Waals surface area contributed by atoms with Crippen LogP contribution in [0.2, 0.25) is 0 Å². The normalized spacial score (nSPS) is 18.7. The number of hydrogen-bond donors (Lipinski definition) is 4. The van der Waals surface area contributed by atoms with Crippen molar-refractivity contribution in [1.82, 2.24) is 0 Å². The van der Waals surface area contributed by atoms with E-state index in [1.54, 1.807) is 6.07 Å². The Morgan fingerprint density at radius 1 is 1.09 bits per heavy atom. The highest BCUT2D eigenvalue weighted by Crippen LogP contribution is 2.62. The van der Waals surface area contributed by atoms with Gasteiger partial charge in [-0.1, -0.05) is 52.4 Å². The Bertz CT molecular complexity index is 1280. The van der Waals surface area contributed by atoms with E-state index in [1.165, 1.54) is 11.8 Å². The third-order valence-corrected chi connectivity index (χ3v) is 11.4. The average Bonchev–Trinajstić information content (AvgIpc) is 3.50. The van der Waals surface area contributed by atoms with E-state index in [-0.39, 0.29) is 23.0 Å². The molecular weight excluding hydrogens is 585 g/mol. The smallest absolute Gasteiger partial charge is 0.331 e. The monoisotopic (exact) mass is 630 g/mol. The molecule has 1 aliphatic heterocycles. The molecule has 2 aromatic rings. The number of carboxylic acids is 1. The van der Waals surface area contributed by atoms with Crippen LogP contribution in [0.3, 0.4) is 0 Å².